The molecule has 0 aliphatic heterocycles. The third kappa shape index (κ3) is 5.25. The smallest absolute Gasteiger partial charge is 0.252 e. The van der Waals surface area contributed by atoms with Gasteiger partial charge in [0.2, 0.25) is 5.75 Å². The molecule has 1 heterocycles. The number of nitrogens with one attached hydrogen (secondary N) is 2. The predicted molar refractivity (Wildman–Crippen MR) is 132 cm³/mol. The normalized spacial score (nSPS) is 10.3. The number of imidazole rings is 1. The Morgan fingerprint density at radius 1 is 0.943 bits per heavy atom. The van der Waals surface area contributed by atoms with E-state index in [4.69, 9.17) is 9.47 Å². The number of benzene rings is 3. The zero-order valence-corrected chi connectivity index (χ0v) is 19.7. The van der Waals surface area contributed by atoms with Crippen molar-refractivity contribution in [2.24, 2.45) is 0 Å². The number of amides is 1. The fourth-order valence-electron chi connectivity index (χ4n) is 3.59. The first-order valence-electron chi connectivity index (χ1n) is 10.3. The van der Waals surface area contributed by atoms with Gasteiger partial charge >= 0.3 is 0 Å². The summed E-state index contributed by atoms with van der Waals surface area (Å²) in [5.74, 6) is -1.32. The third-order valence-corrected chi connectivity index (χ3v) is 5.35. The Kier molecular flexibility index (Phi) is 7.73. The molecule has 0 saturated heterocycles. The molecule has 0 saturated carbocycles. The lowest BCUT2D eigenvalue weighted by Crippen LogP contribution is -2.23. The summed E-state index contributed by atoms with van der Waals surface area (Å²) in [4.78, 5) is 20.1. The van der Waals surface area contributed by atoms with Gasteiger partial charge in [0.1, 0.15) is 11.5 Å². The van der Waals surface area contributed by atoms with Crippen LogP contribution in [0.2, 0.25) is 0 Å². The third-order valence-electron chi connectivity index (χ3n) is 5.35. The van der Waals surface area contributed by atoms with Gasteiger partial charge in [-0.25, -0.2) is 4.98 Å². The molecule has 35 heavy (non-hydrogen) atoms. The number of aromatic nitrogens is 2. The molecule has 5 N–H and O–H groups in total. The maximum Gasteiger partial charge on any atom is 0.252 e. The molecule has 1 aromatic heterocycles. The number of phenols is 3. The van der Waals surface area contributed by atoms with E-state index in [0.717, 1.165) is 22.9 Å². The molecule has 4 rings (SSSR count). The fourth-order valence-corrected chi connectivity index (χ4v) is 3.59. The van der Waals surface area contributed by atoms with E-state index in [0.29, 0.717) is 17.1 Å². The van der Waals surface area contributed by atoms with Crippen LogP contribution >= 0.6 is 12.4 Å². The summed E-state index contributed by atoms with van der Waals surface area (Å²) in [6.45, 7) is 0.132. The van der Waals surface area contributed by atoms with E-state index in [9.17, 15) is 20.1 Å². The highest BCUT2D eigenvalue weighted by atomic mass is 35.5. The van der Waals surface area contributed by atoms with Crippen molar-refractivity contribution in [2.45, 2.75) is 6.54 Å². The van der Waals surface area contributed by atoms with Gasteiger partial charge < -0.3 is 35.1 Å². The number of H-pyrrole nitrogens is 1. The van der Waals surface area contributed by atoms with Gasteiger partial charge in [-0.2, -0.15) is 0 Å². The summed E-state index contributed by atoms with van der Waals surface area (Å²) < 4.78 is 10.5. The van der Waals surface area contributed by atoms with Gasteiger partial charge in [0.25, 0.3) is 5.91 Å². The molecule has 0 atom stereocenters. The molecule has 0 spiro atoms. The summed E-state index contributed by atoms with van der Waals surface area (Å²) in [6.07, 6.45) is 3.23. The Balaban J connectivity index is 0.00000342. The van der Waals surface area contributed by atoms with Crippen molar-refractivity contribution in [2.75, 3.05) is 14.2 Å². The van der Waals surface area contributed by atoms with Gasteiger partial charge in [0, 0.05) is 18.2 Å². The standard InChI is InChI=1S/C25H23N3O6.ClH/c1-33-17-7-14(8-18(9-17)34-2)11-27-25(32)19-10-21(29)23(30)24(31)22(19)16-5-3-15(4-6-16)20-12-26-13-28-20;/h3-10,12-13,29-31H,11H2,1-2H3,(H,26,28)(H,27,32);1H. The van der Waals surface area contributed by atoms with E-state index in [2.05, 4.69) is 15.3 Å². The summed E-state index contributed by atoms with van der Waals surface area (Å²) >= 11 is 0. The van der Waals surface area contributed by atoms with Crippen LogP contribution in [0.15, 0.2) is 61.1 Å². The number of halogens is 1. The van der Waals surface area contributed by atoms with Gasteiger partial charge in [-0.1, -0.05) is 24.3 Å². The number of aromatic amines is 1. The van der Waals surface area contributed by atoms with Gasteiger partial charge in [-0.15, -0.1) is 12.4 Å². The van der Waals surface area contributed by atoms with Gasteiger partial charge in [0.15, 0.2) is 11.5 Å². The van der Waals surface area contributed by atoms with Crippen molar-refractivity contribution in [3.05, 3.63) is 72.2 Å². The second-order valence-corrected chi connectivity index (χ2v) is 7.46. The van der Waals surface area contributed by atoms with Crippen LogP contribution < -0.4 is 14.8 Å². The molecular weight excluding hydrogens is 474 g/mol. The largest absolute Gasteiger partial charge is 0.504 e. The number of carbonyl (C=O) groups excluding carboxylic acids is 1. The van der Waals surface area contributed by atoms with E-state index < -0.39 is 23.2 Å². The van der Waals surface area contributed by atoms with E-state index in [1.807, 2.05) is 0 Å². The van der Waals surface area contributed by atoms with Crippen LogP contribution in [0.3, 0.4) is 0 Å². The van der Waals surface area contributed by atoms with E-state index in [-0.39, 0.29) is 30.1 Å². The van der Waals surface area contributed by atoms with Crippen molar-refractivity contribution in [1.29, 1.82) is 0 Å². The molecule has 0 unspecified atom stereocenters. The second-order valence-electron chi connectivity index (χ2n) is 7.46. The summed E-state index contributed by atoms with van der Waals surface area (Å²) in [5, 5.41) is 33.5. The minimum absolute atomic E-state index is 0. The molecule has 0 aliphatic carbocycles. The van der Waals surface area contributed by atoms with Crippen LogP contribution in [0.4, 0.5) is 0 Å². The molecule has 182 valence electrons. The fraction of sp³-hybridized carbons (Fsp3) is 0.120. The van der Waals surface area contributed by atoms with Gasteiger partial charge in [-0.3, -0.25) is 4.79 Å². The minimum Gasteiger partial charge on any atom is -0.504 e. The average Bonchev–Trinajstić information content (AvgIpc) is 3.40. The molecule has 1 amide bonds. The number of rotatable bonds is 7. The summed E-state index contributed by atoms with van der Waals surface area (Å²) in [6, 6.07) is 13.3. The molecule has 0 fully saturated rings. The zero-order valence-electron chi connectivity index (χ0n) is 18.9. The van der Waals surface area contributed by atoms with Crippen LogP contribution in [0, 0.1) is 0 Å². The summed E-state index contributed by atoms with van der Waals surface area (Å²) in [7, 11) is 3.06. The van der Waals surface area contributed by atoms with Crippen molar-refractivity contribution in [3.8, 4) is 51.1 Å². The Labute approximate surface area is 207 Å². The Hall–Kier alpha value is -4.37. The lowest BCUT2D eigenvalue weighted by molar-refractivity contribution is 0.0950. The molecule has 4 aromatic rings. The number of phenolic OH excluding ortho intramolecular Hbond substituents is 3. The molecule has 0 radical (unpaired) electrons. The van der Waals surface area contributed by atoms with Crippen molar-refractivity contribution >= 4 is 18.3 Å². The Bertz CT molecular complexity index is 1300. The molecule has 10 heteroatoms. The number of carbonyl (C=O) groups is 1. The van der Waals surface area contributed by atoms with Crippen LogP contribution in [0.25, 0.3) is 22.4 Å². The molecule has 0 bridgehead atoms. The lowest BCUT2D eigenvalue weighted by atomic mass is 9.95. The topological polar surface area (TPSA) is 137 Å². The monoisotopic (exact) mass is 497 g/mol. The van der Waals surface area contributed by atoms with Crippen LogP contribution in [-0.2, 0) is 6.54 Å². The highest BCUT2D eigenvalue weighted by molar-refractivity contribution is 6.03. The van der Waals surface area contributed by atoms with Gasteiger partial charge in [-0.05, 0) is 34.9 Å². The maximum atomic E-state index is 13.1. The highest BCUT2D eigenvalue weighted by Crippen LogP contribution is 2.45. The van der Waals surface area contributed by atoms with E-state index >= 15 is 0 Å². The maximum absolute atomic E-state index is 13.1. The van der Waals surface area contributed by atoms with Crippen LogP contribution in [-0.4, -0.2) is 45.4 Å². The number of nitrogens with zero attached hydrogens (tertiary/aromatic N) is 1. The van der Waals surface area contributed by atoms with Crippen molar-refractivity contribution in [1.82, 2.24) is 15.3 Å². The number of hydrogen-bond donors (Lipinski definition) is 5. The predicted octanol–water partition coefficient (Wildman–Crippen LogP) is 4.23. The van der Waals surface area contributed by atoms with E-state index in [1.54, 1.807) is 55.0 Å². The number of aromatic hydroxyl groups is 3. The molecule has 0 aliphatic rings. The Morgan fingerprint density at radius 3 is 2.14 bits per heavy atom. The van der Waals surface area contributed by atoms with E-state index in [1.165, 1.54) is 14.2 Å². The number of methoxy groups -OCH3 is 2. The molecular formula is C25H24ClN3O6. The summed E-state index contributed by atoms with van der Waals surface area (Å²) in [5.41, 5.74) is 2.94. The van der Waals surface area contributed by atoms with Gasteiger partial charge in [0.05, 0.1) is 38.0 Å². The zero-order chi connectivity index (χ0) is 24.2. The highest BCUT2D eigenvalue weighted by Gasteiger charge is 2.23. The molecule has 3 aromatic carbocycles. The number of ether oxygens (including phenoxy) is 2. The minimum atomic E-state index is -0.707. The second kappa shape index (κ2) is 10.7. The van der Waals surface area contributed by atoms with Crippen LogP contribution in [0.1, 0.15) is 15.9 Å². The first kappa shape index (κ1) is 25.3. The average molecular weight is 498 g/mol. The SMILES string of the molecule is COc1cc(CNC(=O)c2cc(O)c(O)c(O)c2-c2ccc(-c3cnc[nH]3)cc2)cc(OC)c1.Cl. The van der Waals surface area contributed by atoms with Crippen molar-refractivity contribution < 1.29 is 29.6 Å². The van der Waals surface area contributed by atoms with Crippen LogP contribution in [0.5, 0.6) is 28.7 Å². The molecule has 9 nitrogen and oxygen atoms in total. The first-order chi connectivity index (χ1) is 16.4. The Morgan fingerprint density at radius 2 is 1.57 bits per heavy atom. The first-order valence-corrected chi connectivity index (χ1v) is 10.3. The number of hydrogen-bond acceptors (Lipinski definition) is 7. The quantitative estimate of drug-likeness (QED) is 0.241. The lowest BCUT2D eigenvalue weighted by Gasteiger charge is -2.15. The van der Waals surface area contributed by atoms with Crippen molar-refractivity contribution in [3.63, 3.8) is 0 Å².